The summed E-state index contributed by atoms with van der Waals surface area (Å²) in [6.45, 7) is 14.8. The summed E-state index contributed by atoms with van der Waals surface area (Å²) in [6.07, 6.45) is 7.19. The molecule has 0 aliphatic heterocycles. The predicted molar refractivity (Wildman–Crippen MR) is 127 cm³/mol. The van der Waals surface area contributed by atoms with Crippen LogP contribution in [0.5, 0.6) is 0 Å². The molecule has 0 saturated heterocycles. The molecule has 144 valence electrons. The van der Waals surface area contributed by atoms with E-state index in [-0.39, 0.29) is 5.04 Å². The Morgan fingerprint density at radius 2 is 1.33 bits per heavy atom. The lowest BCUT2D eigenvalue weighted by atomic mass is 9.70. The van der Waals surface area contributed by atoms with Gasteiger partial charge in [0.2, 0.25) is 0 Å². The van der Waals surface area contributed by atoms with Gasteiger partial charge in [0.15, 0.2) is 0 Å². The van der Waals surface area contributed by atoms with Gasteiger partial charge in [0.1, 0.15) is 8.83 Å². The van der Waals surface area contributed by atoms with Crippen LogP contribution in [-0.4, -0.2) is 8.83 Å². The summed E-state index contributed by atoms with van der Waals surface area (Å²) < 4.78 is 0. The Labute approximate surface area is 172 Å². The van der Waals surface area contributed by atoms with Crippen LogP contribution in [0.1, 0.15) is 74.1 Å². The van der Waals surface area contributed by atoms with Crippen LogP contribution in [-0.2, 0) is 0 Å². The highest BCUT2D eigenvalue weighted by Crippen LogP contribution is 2.58. The fraction of sp³-hybridized carbons (Fsp3) is 0.360. The molecule has 2 aromatic rings. The van der Waals surface area contributed by atoms with Crippen molar-refractivity contribution in [1.29, 1.82) is 0 Å². The summed E-state index contributed by atoms with van der Waals surface area (Å²) in [5.74, 6) is 0.924. The van der Waals surface area contributed by atoms with Gasteiger partial charge in [0.25, 0.3) is 0 Å². The zero-order valence-electron chi connectivity index (χ0n) is 17.0. The molecule has 2 atom stereocenters. The maximum Gasteiger partial charge on any atom is 0.132 e. The lowest BCUT2D eigenvalue weighted by molar-refractivity contribution is 0.345. The molecule has 0 amide bonds. The molecule has 0 N–H and O–H groups in total. The number of rotatable bonds is 10. The van der Waals surface area contributed by atoms with Crippen molar-refractivity contribution in [3.63, 3.8) is 0 Å². The van der Waals surface area contributed by atoms with E-state index in [4.69, 9.17) is 11.1 Å². The summed E-state index contributed by atoms with van der Waals surface area (Å²) in [5, 5.41) is 0.143. The molecule has 0 heterocycles. The minimum atomic E-state index is -0.800. The summed E-state index contributed by atoms with van der Waals surface area (Å²) in [5.41, 5.74) is 5.19. The van der Waals surface area contributed by atoms with Gasteiger partial charge < -0.3 is 0 Å². The first kappa shape index (κ1) is 21.7. The van der Waals surface area contributed by atoms with Gasteiger partial charge in [-0.15, -0.1) is 0 Å². The van der Waals surface area contributed by atoms with E-state index in [2.05, 4.69) is 82.5 Å². The van der Waals surface area contributed by atoms with Crippen LogP contribution in [0.25, 0.3) is 12.2 Å². The fourth-order valence-electron chi connectivity index (χ4n) is 4.77. The van der Waals surface area contributed by atoms with E-state index in [1.54, 1.807) is 0 Å². The molecular formula is C25H33ClSi. The fourth-order valence-corrected chi connectivity index (χ4v) is 8.06. The molecule has 0 fully saturated rings. The van der Waals surface area contributed by atoms with Crippen LogP contribution in [0.15, 0.2) is 61.7 Å². The third kappa shape index (κ3) is 4.47. The Morgan fingerprint density at radius 1 is 0.889 bits per heavy atom. The quantitative estimate of drug-likeness (QED) is 0.287. The molecular weight excluding hydrogens is 364 g/mol. The Hall–Kier alpha value is -1.57. The first-order valence-electron chi connectivity index (χ1n) is 10.1. The number of hydrogen-bond acceptors (Lipinski definition) is 0. The van der Waals surface area contributed by atoms with E-state index in [0.717, 1.165) is 19.3 Å². The van der Waals surface area contributed by atoms with Crippen molar-refractivity contribution in [2.45, 2.75) is 56.9 Å². The standard InChI is InChI=1S/C25H33ClSi/c1-6-19-13-11-15-21(17-19)23(8-3)25(10-5,27-26)24(9-4)22-16-12-14-20(7-2)18-22/h6-7,11-18,23-24H,1-2,8-10,27H2,3-5H3. The van der Waals surface area contributed by atoms with Crippen LogP contribution >= 0.6 is 11.1 Å². The molecule has 0 aromatic heterocycles. The molecule has 0 radical (unpaired) electrons. The monoisotopic (exact) mass is 396 g/mol. The molecule has 2 heteroatoms. The Balaban J connectivity index is 2.60. The van der Waals surface area contributed by atoms with Crippen molar-refractivity contribution >= 4 is 32.1 Å². The molecule has 0 bridgehead atoms. The highest BCUT2D eigenvalue weighted by Gasteiger charge is 2.43. The van der Waals surface area contributed by atoms with Crippen molar-refractivity contribution in [2.75, 3.05) is 0 Å². The number of hydrogen-bond donors (Lipinski definition) is 0. The normalized spacial score (nSPS) is 16.0. The van der Waals surface area contributed by atoms with Crippen LogP contribution < -0.4 is 0 Å². The number of benzene rings is 2. The van der Waals surface area contributed by atoms with Gasteiger partial charge in [-0.1, -0.05) is 101 Å². The molecule has 2 aromatic carbocycles. The third-order valence-electron chi connectivity index (χ3n) is 6.21. The Morgan fingerprint density at radius 3 is 1.63 bits per heavy atom. The van der Waals surface area contributed by atoms with Gasteiger partial charge in [0, 0.05) is 0 Å². The maximum absolute atomic E-state index is 6.92. The van der Waals surface area contributed by atoms with Gasteiger partial charge in [-0.2, -0.15) is 11.1 Å². The van der Waals surface area contributed by atoms with E-state index < -0.39 is 8.83 Å². The van der Waals surface area contributed by atoms with Gasteiger partial charge >= 0.3 is 0 Å². The molecule has 0 spiro atoms. The summed E-state index contributed by atoms with van der Waals surface area (Å²) in [6, 6.07) is 17.7. The van der Waals surface area contributed by atoms with Crippen molar-refractivity contribution in [3.8, 4) is 0 Å². The van der Waals surface area contributed by atoms with E-state index >= 15 is 0 Å². The van der Waals surface area contributed by atoms with E-state index in [1.165, 1.54) is 22.3 Å². The molecule has 0 saturated carbocycles. The minimum Gasteiger partial charge on any atom is -0.176 e. The molecule has 0 aliphatic carbocycles. The van der Waals surface area contributed by atoms with Crippen molar-refractivity contribution < 1.29 is 0 Å². The molecule has 2 rings (SSSR count). The van der Waals surface area contributed by atoms with Crippen molar-refractivity contribution in [2.24, 2.45) is 0 Å². The largest absolute Gasteiger partial charge is 0.176 e. The van der Waals surface area contributed by atoms with Crippen LogP contribution in [0, 0.1) is 0 Å². The van der Waals surface area contributed by atoms with Crippen LogP contribution in [0.3, 0.4) is 0 Å². The Bertz CT molecular complexity index is 699. The van der Waals surface area contributed by atoms with Gasteiger partial charge in [-0.05, 0) is 52.0 Å². The van der Waals surface area contributed by atoms with Crippen LogP contribution in [0.4, 0.5) is 0 Å². The van der Waals surface area contributed by atoms with Gasteiger partial charge in [-0.25, -0.2) is 0 Å². The molecule has 0 aliphatic rings. The first-order chi connectivity index (χ1) is 13.1. The summed E-state index contributed by atoms with van der Waals surface area (Å²) >= 11 is 6.92. The highest BCUT2D eigenvalue weighted by atomic mass is 35.6. The van der Waals surface area contributed by atoms with Crippen LogP contribution in [0.2, 0.25) is 5.04 Å². The Kier molecular flexibility index (Phi) is 8.13. The molecule has 2 unspecified atom stereocenters. The SMILES string of the molecule is C=Cc1cccc(C(CC)C(CC)([SiH2]Cl)C(CC)c2cccc(C=C)c2)c1. The smallest absolute Gasteiger partial charge is 0.132 e. The lowest BCUT2D eigenvalue weighted by Gasteiger charge is -2.45. The third-order valence-corrected chi connectivity index (χ3v) is 9.68. The molecule has 27 heavy (non-hydrogen) atoms. The predicted octanol–water partition coefficient (Wildman–Crippen LogP) is 7.55. The topological polar surface area (TPSA) is 0 Å². The van der Waals surface area contributed by atoms with Gasteiger partial charge in [-0.3, -0.25) is 0 Å². The van der Waals surface area contributed by atoms with E-state index in [0.29, 0.717) is 11.8 Å². The lowest BCUT2D eigenvalue weighted by Crippen LogP contribution is -2.32. The average Bonchev–Trinajstić information content (AvgIpc) is 2.73. The second-order valence-electron chi connectivity index (χ2n) is 7.39. The minimum absolute atomic E-state index is 0.143. The second-order valence-corrected chi connectivity index (χ2v) is 9.78. The highest BCUT2D eigenvalue weighted by molar-refractivity contribution is 6.95. The van der Waals surface area contributed by atoms with Crippen molar-refractivity contribution in [3.05, 3.63) is 83.9 Å². The average molecular weight is 397 g/mol. The second kappa shape index (κ2) is 10.1. The summed E-state index contributed by atoms with van der Waals surface area (Å²) in [4.78, 5) is 0. The van der Waals surface area contributed by atoms with E-state index in [1.807, 2.05) is 12.2 Å². The van der Waals surface area contributed by atoms with E-state index in [9.17, 15) is 0 Å². The zero-order valence-corrected chi connectivity index (χ0v) is 19.2. The first-order valence-corrected chi connectivity index (χ1v) is 12.9. The number of halogens is 1. The molecule has 0 nitrogen and oxygen atoms in total. The summed E-state index contributed by atoms with van der Waals surface area (Å²) in [7, 11) is -0.800. The van der Waals surface area contributed by atoms with Crippen molar-refractivity contribution in [1.82, 2.24) is 0 Å². The maximum atomic E-state index is 6.92. The van der Waals surface area contributed by atoms with Gasteiger partial charge in [0.05, 0.1) is 0 Å². The zero-order chi connectivity index (χ0) is 19.9.